The summed E-state index contributed by atoms with van der Waals surface area (Å²) in [4.78, 5) is 6.46. The Labute approximate surface area is 141 Å². The number of benzene rings is 1. The van der Waals surface area contributed by atoms with Crippen molar-refractivity contribution in [3.05, 3.63) is 89.8 Å². The maximum Gasteiger partial charge on any atom is 0.128 e. The minimum atomic E-state index is -0.142. The van der Waals surface area contributed by atoms with Crippen molar-refractivity contribution in [2.45, 2.75) is 25.6 Å². The minimum Gasteiger partial charge on any atom is -0.350 e. The second-order valence-electron chi connectivity index (χ2n) is 6.23. The molecule has 4 heteroatoms. The van der Waals surface area contributed by atoms with Crippen molar-refractivity contribution in [2.24, 2.45) is 0 Å². The Hall–Kier alpha value is -2.46. The highest BCUT2D eigenvalue weighted by Crippen LogP contribution is 2.34. The Morgan fingerprint density at radius 2 is 1.83 bits per heavy atom. The fraction of sp³-hybridized carbons (Fsp3) is 0.250. The first kappa shape index (κ1) is 15.1. The second kappa shape index (κ2) is 6.57. The van der Waals surface area contributed by atoms with Gasteiger partial charge in [-0.25, -0.2) is 4.39 Å². The number of hydrogen-bond donors (Lipinski definition) is 0. The monoisotopic (exact) mass is 321 g/mol. The van der Waals surface area contributed by atoms with Crippen molar-refractivity contribution in [2.75, 3.05) is 6.54 Å². The normalized spacial score (nSPS) is 18.1. The van der Waals surface area contributed by atoms with E-state index in [1.54, 1.807) is 12.1 Å². The van der Waals surface area contributed by atoms with Crippen LogP contribution >= 0.6 is 0 Å². The lowest BCUT2D eigenvalue weighted by Gasteiger charge is -2.30. The minimum absolute atomic E-state index is 0.0723. The molecular weight excluding hydrogens is 301 g/mol. The van der Waals surface area contributed by atoms with Crippen molar-refractivity contribution in [3.8, 4) is 0 Å². The Balaban J connectivity index is 1.77. The van der Waals surface area contributed by atoms with Gasteiger partial charge in [-0.05, 0) is 42.3 Å². The molecule has 0 saturated heterocycles. The van der Waals surface area contributed by atoms with Gasteiger partial charge >= 0.3 is 0 Å². The van der Waals surface area contributed by atoms with Gasteiger partial charge in [-0.2, -0.15) is 0 Å². The third-order valence-electron chi connectivity index (χ3n) is 4.69. The van der Waals surface area contributed by atoms with Gasteiger partial charge in [-0.3, -0.25) is 9.88 Å². The molecule has 0 bridgehead atoms. The molecule has 2 aromatic heterocycles. The molecule has 0 amide bonds. The molecule has 1 aliphatic rings. The number of halogens is 1. The summed E-state index contributed by atoms with van der Waals surface area (Å²) in [6, 6.07) is 15.3. The van der Waals surface area contributed by atoms with Crippen LogP contribution in [0.5, 0.6) is 0 Å². The Bertz CT molecular complexity index is 813. The van der Waals surface area contributed by atoms with E-state index < -0.39 is 0 Å². The maximum atomic E-state index is 14.6. The molecule has 0 saturated carbocycles. The molecule has 0 radical (unpaired) electrons. The van der Waals surface area contributed by atoms with Crippen LogP contribution in [0, 0.1) is 5.82 Å². The van der Waals surface area contributed by atoms with Gasteiger partial charge in [0.25, 0.3) is 0 Å². The van der Waals surface area contributed by atoms with Crippen LogP contribution < -0.4 is 0 Å². The lowest BCUT2D eigenvalue weighted by atomic mass is 10.0. The van der Waals surface area contributed by atoms with E-state index in [1.807, 2.05) is 36.7 Å². The fourth-order valence-corrected chi connectivity index (χ4v) is 3.59. The summed E-state index contributed by atoms with van der Waals surface area (Å²) in [5.74, 6) is -0.142. The first-order chi connectivity index (χ1) is 11.8. The van der Waals surface area contributed by atoms with Gasteiger partial charge in [-0.1, -0.05) is 18.2 Å². The highest BCUT2D eigenvalue weighted by molar-refractivity contribution is 5.31. The van der Waals surface area contributed by atoms with E-state index in [2.05, 4.69) is 32.8 Å². The van der Waals surface area contributed by atoms with E-state index in [4.69, 9.17) is 0 Å². The number of aromatic nitrogens is 2. The van der Waals surface area contributed by atoms with Gasteiger partial charge in [0.1, 0.15) is 5.82 Å². The molecule has 0 fully saturated rings. The Kier molecular flexibility index (Phi) is 4.13. The van der Waals surface area contributed by atoms with Crippen LogP contribution in [0.15, 0.2) is 67.1 Å². The highest BCUT2D eigenvalue weighted by atomic mass is 19.1. The predicted molar refractivity (Wildman–Crippen MR) is 91.9 cm³/mol. The third kappa shape index (κ3) is 2.85. The molecule has 4 rings (SSSR count). The SMILES string of the molecule is Fc1ccccc1[C@@H]1c2cccn2CCCN1Cc1ccncc1. The van der Waals surface area contributed by atoms with E-state index in [9.17, 15) is 4.39 Å². The number of nitrogens with zero attached hydrogens (tertiary/aromatic N) is 3. The Morgan fingerprint density at radius 1 is 1.00 bits per heavy atom. The zero-order valence-electron chi connectivity index (χ0n) is 13.5. The summed E-state index contributed by atoms with van der Waals surface area (Å²) in [7, 11) is 0. The second-order valence-corrected chi connectivity index (χ2v) is 6.23. The van der Waals surface area contributed by atoms with E-state index in [1.165, 1.54) is 5.56 Å². The number of pyridine rings is 1. The van der Waals surface area contributed by atoms with Gasteiger partial charge in [0.2, 0.25) is 0 Å². The molecule has 0 spiro atoms. The molecule has 0 unspecified atom stereocenters. The van der Waals surface area contributed by atoms with Crippen LogP contribution in [-0.4, -0.2) is 21.0 Å². The highest BCUT2D eigenvalue weighted by Gasteiger charge is 2.29. The van der Waals surface area contributed by atoms with Crippen molar-refractivity contribution in [1.82, 2.24) is 14.5 Å². The van der Waals surface area contributed by atoms with Crippen LogP contribution in [0.4, 0.5) is 4.39 Å². The molecule has 3 aromatic rings. The maximum absolute atomic E-state index is 14.6. The molecule has 1 aromatic carbocycles. The van der Waals surface area contributed by atoms with Crippen LogP contribution in [-0.2, 0) is 13.1 Å². The van der Waals surface area contributed by atoms with E-state index in [0.717, 1.165) is 37.3 Å². The van der Waals surface area contributed by atoms with Crippen molar-refractivity contribution in [3.63, 3.8) is 0 Å². The van der Waals surface area contributed by atoms with E-state index in [0.29, 0.717) is 0 Å². The number of rotatable bonds is 3. The summed E-state index contributed by atoms with van der Waals surface area (Å²) in [6.45, 7) is 2.69. The molecule has 0 N–H and O–H groups in total. The molecule has 1 atom stereocenters. The molecule has 0 aliphatic carbocycles. The number of fused-ring (bicyclic) bond motifs is 1. The standard InChI is InChI=1S/C20H20FN3/c21-18-6-2-1-5-17(18)20-19-7-3-12-23(19)13-4-14-24(20)15-16-8-10-22-11-9-16/h1-3,5-12,20H,4,13-15H2/t20-/m1/s1. The summed E-state index contributed by atoms with van der Waals surface area (Å²) in [5.41, 5.74) is 3.10. The summed E-state index contributed by atoms with van der Waals surface area (Å²) in [6.07, 6.45) is 6.78. The first-order valence-corrected chi connectivity index (χ1v) is 8.35. The number of hydrogen-bond acceptors (Lipinski definition) is 2. The van der Waals surface area contributed by atoms with Crippen molar-refractivity contribution < 1.29 is 4.39 Å². The predicted octanol–water partition coefficient (Wildman–Crippen LogP) is 4.02. The average molecular weight is 321 g/mol. The van der Waals surface area contributed by atoms with Gasteiger partial charge in [0.05, 0.1) is 6.04 Å². The zero-order chi connectivity index (χ0) is 16.4. The van der Waals surface area contributed by atoms with Crippen LogP contribution in [0.25, 0.3) is 0 Å². The molecule has 24 heavy (non-hydrogen) atoms. The van der Waals surface area contributed by atoms with Crippen molar-refractivity contribution >= 4 is 0 Å². The quantitative estimate of drug-likeness (QED) is 0.726. The summed E-state index contributed by atoms with van der Waals surface area (Å²) < 4.78 is 16.8. The van der Waals surface area contributed by atoms with Gasteiger partial charge in [-0.15, -0.1) is 0 Å². The fourth-order valence-electron chi connectivity index (χ4n) is 3.59. The van der Waals surface area contributed by atoms with Crippen molar-refractivity contribution in [1.29, 1.82) is 0 Å². The zero-order valence-corrected chi connectivity index (χ0v) is 13.5. The van der Waals surface area contributed by atoms with Gasteiger partial charge in [0, 0.05) is 49.5 Å². The smallest absolute Gasteiger partial charge is 0.128 e. The summed E-state index contributed by atoms with van der Waals surface area (Å²) >= 11 is 0. The average Bonchev–Trinajstić information content (AvgIpc) is 2.99. The number of aryl methyl sites for hydroxylation is 1. The molecule has 1 aliphatic heterocycles. The molecular formula is C20H20FN3. The molecule has 3 heterocycles. The van der Waals surface area contributed by atoms with Gasteiger partial charge < -0.3 is 4.57 Å². The largest absolute Gasteiger partial charge is 0.350 e. The topological polar surface area (TPSA) is 21.1 Å². The Morgan fingerprint density at radius 3 is 2.67 bits per heavy atom. The van der Waals surface area contributed by atoms with Crippen LogP contribution in [0.1, 0.15) is 29.3 Å². The lowest BCUT2D eigenvalue weighted by Crippen LogP contribution is -2.30. The third-order valence-corrected chi connectivity index (χ3v) is 4.69. The molecule has 122 valence electrons. The molecule has 3 nitrogen and oxygen atoms in total. The van der Waals surface area contributed by atoms with E-state index in [-0.39, 0.29) is 11.9 Å². The summed E-state index contributed by atoms with van der Waals surface area (Å²) in [5, 5.41) is 0. The lowest BCUT2D eigenvalue weighted by molar-refractivity contribution is 0.216. The van der Waals surface area contributed by atoms with Gasteiger partial charge in [0.15, 0.2) is 0 Å². The van der Waals surface area contributed by atoms with E-state index >= 15 is 0 Å². The van der Waals surface area contributed by atoms with Crippen LogP contribution in [0.3, 0.4) is 0 Å². The van der Waals surface area contributed by atoms with Crippen LogP contribution in [0.2, 0.25) is 0 Å². The first-order valence-electron chi connectivity index (χ1n) is 8.35.